The van der Waals surface area contributed by atoms with E-state index in [0.717, 1.165) is 12.1 Å². The Balaban J connectivity index is 2.78. The van der Waals surface area contributed by atoms with Gasteiger partial charge in [-0.25, -0.2) is 13.6 Å². The van der Waals surface area contributed by atoms with Crippen LogP contribution in [0.4, 0.5) is 5.69 Å². The number of anilines is 1. The summed E-state index contributed by atoms with van der Waals surface area (Å²) in [6, 6.07) is 6.63. The molecule has 19 heavy (non-hydrogen) atoms. The van der Waals surface area contributed by atoms with Crippen LogP contribution in [0.15, 0.2) is 29.2 Å². The molecule has 5 nitrogen and oxygen atoms in total. The Morgan fingerprint density at radius 3 is 2.58 bits per heavy atom. The van der Waals surface area contributed by atoms with Gasteiger partial charge in [0.15, 0.2) is 0 Å². The van der Waals surface area contributed by atoms with Crippen molar-refractivity contribution in [3.8, 4) is 0 Å². The molecule has 1 atom stereocenters. The predicted molar refractivity (Wildman–Crippen MR) is 76.6 cm³/mol. The fourth-order valence-corrected chi connectivity index (χ4v) is 2.48. The van der Waals surface area contributed by atoms with Gasteiger partial charge in [0, 0.05) is 18.8 Å². The van der Waals surface area contributed by atoms with Crippen LogP contribution in [0.25, 0.3) is 0 Å². The molecular formula is C13H22N2O3S. The number of nitrogens with two attached hydrogens (primary N) is 1. The number of sulfonamides is 1. The first-order chi connectivity index (χ1) is 8.64. The van der Waals surface area contributed by atoms with E-state index in [0.29, 0.717) is 0 Å². The van der Waals surface area contributed by atoms with E-state index in [9.17, 15) is 8.42 Å². The van der Waals surface area contributed by atoms with Gasteiger partial charge < -0.3 is 10.1 Å². The quantitative estimate of drug-likeness (QED) is 0.837. The molecule has 6 heteroatoms. The molecule has 0 bridgehead atoms. The molecule has 3 N–H and O–H groups in total. The molecule has 0 saturated carbocycles. The average molecular weight is 286 g/mol. The molecule has 1 rings (SSSR count). The fraction of sp³-hybridized carbons (Fsp3) is 0.538. The van der Waals surface area contributed by atoms with Crippen LogP contribution in [0.1, 0.15) is 27.2 Å². The third kappa shape index (κ3) is 5.18. The van der Waals surface area contributed by atoms with Crippen molar-refractivity contribution in [3.05, 3.63) is 24.3 Å². The number of methoxy groups -OCH3 is 1. The molecular weight excluding hydrogens is 264 g/mol. The van der Waals surface area contributed by atoms with E-state index >= 15 is 0 Å². The smallest absolute Gasteiger partial charge is 0.238 e. The summed E-state index contributed by atoms with van der Waals surface area (Å²) in [7, 11) is -1.99. The molecule has 0 aliphatic rings. The normalized spacial score (nSPS) is 14.2. The topological polar surface area (TPSA) is 81.4 Å². The summed E-state index contributed by atoms with van der Waals surface area (Å²) < 4.78 is 27.9. The van der Waals surface area contributed by atoms with Gasteiger partial charge in [0.25, 0.3) is 0 Å². The monoisotopic (exact) mass is 286 g/mol. The maximum Gasteiger partial charge on any atom is 0.238 e. The molecule has 1 aromatic carbocycles. The zero-order valence-electron chi connectivity index (χ0n) is 11.8. The zero-order valence-corrected chi connectivity index (χ0v) is 12.6. The minimum atomic E-state index is -3.67. The van der Waals surface area contributed by atoms with Gasteiger partial charge in [-0.1, -0.05) is 6.07 Å². The lowest BCUT2D eigenvalue weighted by atomic mass is 10.00. The molecule has 0 aromatic heterocycles. The molecule has 0 saturated heterocycles. The van der Waals surface area contributed by atoms with Gasteiger partial charge in [0.2, 0.25) is 10.0 Å². The van der Waals surface area contributed by atoms with E-state index in [1.807, 2.05) is 26.8 Å². The molecule has 1 aromatic rings. The molecule has 0 heterocycles. The number of ether oxygens (including phenoxy) is 1. The number of nitrogens with one attached hydrogen (secondary N) is 1. The van der Waals surface area contributed by atoms with Crippen LogP contribution in [-0.4, -0.2) is 27.2 Å². The number of benzene rings is 1. The maximum absolute atomic E-state index is 11.3. The van der Waals surface area contributed by atoms with Gasteiger partial charge in [0.05, 0.1) is 10.5 Å². The van der Waals surface area contributed by atoms with Crippen molar-refractivity contribution < 1.29 is 13.2 Å². The van der Waals surface area contributed by atoms with Crippen LogP contribution in [0.2, 0.25) is 0 Å². The van der Waals surface area contributed by atoms with Crippen LogP contribution in [0.3, 0.4) is 0 Å². The SMILES string of the molecule is COC(C)(C)CC(C)Nc1cccc(S(N)(=O)=O)c1. The van der Waals surface area contributed by atoms with Crippen molar-refractivity contribution in [2.24, 2.45) is 5.14 Å². The molecule has 0 aliphatic heterocycles. The molecule has 1 unspecified atom stereocenters. The Kier molecular flexibility index (Phi) is 4.95. The summed E-state index contributed by atoms with van der Waals surface area (Å²) in [5.74, 6) is 0. The zero-order chi connectivity index (χ0) is 14.7. The summed E-state index contributed by atoms with van der Waals surface area (Å²) in [5, 5.41) is 8.35. The second-order valence-corrected chi connectivity index (χ2v) is 6.85. The lowest BCUT2D eigenvalue weighted by Crippen LogP contribution is -2.31. The molecule has 108 valence electrons. The van der Waals surface area contributed by atoms with Crippen LogP contribution >= 0.6 is 0 Å². The first-order valence-electron chi connectivity index (χ1n) is 6.08. The Labute approximate surface area is 115 Å². The van der Waals surface area contributed by atoms with Gasteiger partial charge in [-0.2, -0.15) is 0 Å². The minimum Gasteiger partial charge on any atom is -0.382 e. The van der Waals surface area contributed by atoms with Gasteiger partial charge in [-0.15, -0.1) is 0 Å². The first kappa shape index (κ1) is 15.9. The summed E-state index contributed by atoms with van der Waals surface area (Å²) >= 11 is 0. The highest BCUT2D eigenvalue weighted by atomic mass is 32.2. The van der Waals surface area contributed by atoms with Crippen molar-refractivity contribution in [2.45, 2.75) is 43.7 Å². The summed E-state index contributed by atoms with van der Waals surface area (Å²) in [6.45, 7) is 6.03. The van der Waals surface area contributed by atoms with E-state index in [-0.39, 0.29) is 16.5 Å². The summed E-state index contributed by atoms with van der Waals surface area (Å²) in [6.07, 6.45) is 0.795. The van der Waals surface area contributed by atoms with Gasteiger partial charge in [0.1, 0.15) is 0 Å². The third-order valence-electron chi connectivity index (χ3n) is 2.93. The third-order valence-corrected chi connectivity index (χ3v) is 3.84. The van der Waals surface area contributed by atoms with Crippen molar-refractivity contribution in [3.63, 3.8) is 0 Å². The highest BCUT2D eigenvalue weighted by Gasteiger charge is 2.20. The molecule has 0 amide bonds. The Hall–Kier alpha value is -1.11. The van der Waals surface area contributed by atoms with E-state index < -0.39 is 10.0 Å². The number of hydrogen-bond donors (Lipinski definition) is 2. The first-order valence-corrected chi connectivity index (χ1v) is 7.63. The number of primary sulfonamides is 1. The van der Waals surface area contributed by atoms with Gasteiger partial charge >= 0.3 is 0 Å². The van der Waals surface area contributed by atoms with E-state index in [2.05, 4.69) is 5.32 Å². The molecule has 0 fully saturated rings. The van der Waals surface area contributed by atoms with E-state index in [1.54, 1.807) is 13.2 Å². The van der Waals surface area contributed by atoms with Crippen LogP contribution in [0.5, 0.6) is 0 Å². The lowest BCUT2D eigenvalue weighted by molar-refractivity contribution is 0.0128. The fourth-order valence-electron chi connectivity index (χ4n) is 1.92. The van der Waals surface area contributed by atoms with Crippen molar-refractivity contribution in [2.75, 3.05) is 12.4 Å². The Morgan fingerprint density at radius 1 is 1.42 bits per heavy atom. The average Bonchev–Trinajstić information content (AvgIpc) is 2.27. The summed E-state index contributed by atoms with van der Waals surface area (Å²) in [5.41, 5.74) is 0.496. The molecule has 0 spiro atoms. The van der Waals surface area contributed by atoms with E-state index in [4.69, 9.17) is 9.88 Å². The second kappa shape index (κ2) is 5.90. The maximum atomic E-state index is 11.3. The molecule has 0 aliphatic carbocycles. The Bertz CT molecular complexity index is 526. The minimum absolute atomic E-state index is 0.107. The number of rotatable bonds is 6. The van der Waals surface area contributed by atoms with E-state index in [1.165, 1.54) is 12.1 Å². The summed E-state index contributed by atoms with van der Waals surface area (Å²) in [4.78, 5) is 0.107. The lowest BCUT2D eigenvalue weighted by Gasteiger charge is -2.27. The standard InChI is InChI=1S/C13H22N2O3S/c1-10(9-13(2,3)18-4)15-11-6-5-7-12(8-11)19(14,16)17/h5-8,10,15H,9H2,1-4H3,(H2,14,16,17). The van der Waals surface area contributed by atoms with Crippen molar-refractivity contribution in [1.82, 2.24) is 0 Å². The number of hydrogen-bond acceptors (Lipinski definition) is 4. The second-order valence-electron chi connectivity index (χ2n) is 5.29. The predicted octanol–water partition coefficient (Wildman–Crippen LogP) is 1.95. The van der Waals surface area contributed by atoms with Gasteiger partial charge in [-0.05, 0) is 45.4 Å². The highest BCUT2D eigenvalue weighted by molar-refractivity contribution is 7.89. The van der Waals surface area contributed by atoms with Crippen molar-refractivity contribution >= 4 is 15.7 Å². The Morgan fingerprint density at radius 2 is 2.05 bits per heavy atom. The van der Waals surface area contributed by atoms with Crippen molar-refractivity contribution in [1.29, 1.82) is 0 Å². The van der Waals surface area contributed by atoms with Gasteiger partial charge in [-0.3, -0.25) is 0 Å². The largest absolute Gasteiger partial charge is 0.382 e. The van der Waals surface area contributed by atoms with Crippen LogP contribution < -0.4 is 10.5 Å². The van der Waals surface area contributed by atoms with Crippen LogP contribution in [-0.2, 0) is 14.8 Å². The molecule has 0 radical (unpaired) electrons. The van der Waals surface area contributed by atoms with Crippen LogP contribution in [0, 0.1) is 0 Å². The highest BCUT2D eigenvalue weighted by Crippen LogP contribution is 2.20.